The van der Waals surface area contributed by atoms with E-state index in [0.29, 0.717) is 17.9 Å². The van der Waals surface area contributed by atoms with Crippen molar-refractivity contribution in [2.45, 2.75) is 20.5 Å². The highest BCUT2D eigenvalue weighted by molar-refractivity contribution is 6.04. The lowest BCUT2D eigenvalue weighted by Crippen LogP contribution is -2.12. The standard InChI is InChI=1S/C22H21NO2/c1-16-11-12-20(13-17(16)2)23-22(24)19-9-6-10-21(14-19)25-15-18-7-4-3-5-8-18/h3-14H,15H2,1-2H3,(H,23,24). The van der Waals surface area contributed by atoms with E-state index in [-0.39, 0.29) is 5.91 Å². The van der Waals surface area contributed by atoms with Gasteiger partial charge in [0, 0.05) is 11.3 Å². The van der Waals surface area contributed by atoms with Gasteiger partial charge in [-0.1, -0.05) is 42.5 Å². The Labute approximate surface area is 148 Å². The highest BCUT2D eigenvalue weighted by Crippen LogP contribution is 2.18. The van der Waals surface area contributed by atoms with Crippen LogP contribution in [0.2, 0.25) is 0 Å². The van der Waals surface area contributed by atoms with Crippen molar-refractivity contribution >= 4 is 11.6 Å². The molecule has 0 bridgehead atoms. The van der Waals surface area contributed by atoms with Crippen molar-refractivity contribution in [1.29, 1.82) is 0 Å². The molecule has 0 fully saturated rings. The topological polar surface area (TPSA) is 38.3 Å². The van der Waals surface area contributed by atoms with Crippen LogP contribution in [-0.2, 0) is 6.61 Å². The molecule has 3 aromatic carbocycles. The largest absolute Gasteiger partial charge is 0.489 e. The van der Waals surface area contributed by atoms with Crippen LogP contribution < -0.4 is 10.1 Å². The Balaban J connectivity index is 1.67. The lowest BCUT2D eigenvalue weighted by atomic mass is 10.1. The van der Waals surface area contributed by atoms with Crippen LogP contribution in [0, 0.1) is 13.8 Å². The molecule has 0 saturated carbocycles. The van der Waals surface area contributed by atoms with Crippen molar-refractivity contribution in [3.8, 4) is 5.75 Å². The zero-order valence-corrected chi connectivity index (χ0v) is 14.5. The first kappa shape index (κ1) is 16.8. The average Bonchev–Trinajstić information content (AvgIpc) is 2.64. The molecule has 0 heterocycles. The van der Waals surface area contributed by atoms with Crippen molar-refractivity contribution in [2.24, 2.45) is 0 Å². The lowest BCUT2D eigenvalue weighted by Gasteiger charge is -2.10. The van der Waals surface area contributed by atoms with Gasteiger partial charge in [0.15, 0.2) is 0 Å². The molecule has 3 nitrogen and oxygen atoms in total. The molecule has 3 aromatic rings. The average molecular weight is 331 g/mol. The van der Waals surface area contributed by atoms with Gasteiger partial charge in [0.25, 0.3) is 5.91 Å². The maximum absolute atomic E-state index is 12.5. The van der Waals surface area contributed by atoms with Crippen molar-refractivity contribution in [2.75, 3.05) is 5.32 Å². The summed E-state index contributed by atoms with van der Waals surface area (Å²) >= 11 is 0. The van der Waals surface area contributed by atoms with Crippen LogP contribution in [0.3, 0.4) is 0 Å². The number of anilines is 1. The molecule has 1 N–H and O–H groups in total. The highest BCUT2D eigenvalue weighted by Gasteiger charge is 2.08. The summed E-state index contributed by atoms with van der Waals surface area (Å²) in [6.45, 7) is 4.56. The summed E-state index contributed by atoms with van der Waals surface area (Å²) in [4.78, 5) is 12.5. The Morgan fingerprint density at radius 3 is 2.44 bits per heavy atom. The fraction of sp³-hybridized carbons (Fsp3) is 0.136. The van der Waals surface area contributed by atoms with Crippen LogP contribution >= 0.6 is 0 Å². The molecule has 0 aliphatic rings. The van der Waals surface area contributed by atoms with Gasteiger partial charge in [-0.3, -0.25) is 4.79 Å². The van der Waals surface area contributed by atoms with E-state index in [2.05, 4.69) is 12.2 Å². The number of carbonyl (C=O) groups is 1. The van der Waals surface area contributed by atoms with E-state index < -0.39 is 0 Å². The van der Waals surface area contributed by atoms with Crippen molar-refractivity contribution in [3.05, 3.63) is 95.1 Å². The molecule has 3 rings (SSSR count). The van der Waals surface area contributed by atoms with Crippen LogP contribution in [0.25, 0.3) is 0 Å². The zero-order valence-electron chi connectivity index (χ0n) is 14.5. The van der Waals surface area contributed by atoms with E-state index in [1.807, 2.05) is 67.6 Å². The Morgan fingerprint density at radius 2 is 1.68 bits per heavy atom. The van der Waals surface area contributed by atoms with Crippen LogP contribution in [-0.4, -0.2) is 5.91 Å². The van der Waals surface area contributed by atoms with Crippen LogP contribution in [0.4, 0.5) is 5.69 Å². The van der Waals surface area contributed by atoms with Gasteiger partial charge in [-0.25, -0.2) is 0 Å². The molecule has 0 unspecified atom stereocenters. The molecule has 0 aliphatic heterocycles. The van der Waals surface area contributed by atoms with E-state index in [1.54, 1.807) is 12.1 Å². The molecule has 0 saturated heterocycles. The van der Waals surface area contributed by atoms with Gasteiger partial charge in [-0.15, -0.1) is 0 Å². The summed E-state index contributed by atoms with van der Waals surface area (Å²) in [5.74, 6) is 0.532. The number of aryl methyl sites for hydroxylation is 2. The number of rotatable bonds is 5. The van der Waals surface area contributed by atoms with Gasteiger partial charge in [0.05, 0.1) is 0 Å². The van der Waals surface area contributed by atoms with Gasteiger partial charge in [-0.05, 0) is 60.9 Å². The summed E-state index contributed by atoms with van der Waals surface area (Å²) in [7, 11) is 0. The minimum absolute atomic E-state index is 0.145. The predicted molar refractivity (Wildman–Crippen MR) is 101 cm³/mol. The van der Waals surface area contributed by atoms with Gasteiger partial charge in [0.1, 0.15) is 12.4 Å². The smallest absolute Gasteiger partial charge is 0.255 e. The first-order chi connectivity index (χ1) is 12.1. The van der Waals surface area contributed by atoms with E-state index in [9.17, 15) is 4.79 Å². The maximum atomic E-state index is 12.5. The van der Waals surface area contributed by atoms with Crippen LogP contribution in [0.5, 0.6) is 5.75 Å². The molecule has 1 amide bonds. The fourth-order valence-corrected chi connectivity index (χ4v) is 2.49. The first-order valence-corrected chi connectivity index (χ1v) is 8.27. The molecular formula is C22H21NO2. The molecule has 0 spiro atoms. The van der Waals surface area contributed by atoms with Gasteiger partial charge in [0.2, 0.25) is 0 Å². The number of nitrogens with one attached hydrogen (secondary N) is 1. The van der Waals surface area contributed by atoms with E-state index in [4.69, 9.17) is 4.74 Å². The number of carbonyl (C=O) groups excluding carboxylic acids is 1. The second-order valence-electron chi connectivity index (χ2n) is 6.06. The summed E-state index contributed by atoms with van der Waals surface area (Å²) in [6, 6.07) is 23.1. The maximum Gasteiger partial charge on any atom is 0.255 e. The summed E-state index contributed by atoms with van der Waals surface area (Å²) < 4.78 is 5.79. The Bertz CT molecular complexity index is 872. The highest BCUT2D eigenvalue weighted by atomic mass is 16.5. The first-order valence-electron chi connectivity index (χ1n) is 8.27. The molecule has 3 heteroatoms. The van der Waals surface area contributed by atoms with E-state index in [1.165, 1.54) is 5.56 Å². The number of hydrogen-bond acceptors (Lipinski definition) is 2. The minimum atomic E-state index is -0.145. The number of amides is 1. The summed E-state index contributed by atoms with van der Waals surface area (Å²) in [6.07, 6.45) is 0. The Morgan fingerprint density at radius 1 is 0.880 bits per heavy atom. The molecule has 0 radical (unpaired) electrons. The number of benzene rings is 3. The lowest BCUT2D eigenvalue weighted by molar-refractivity contribution is 0.102. The normalized spacial score (nSPS) is 10.3. The summed E-state index contributed by atoms with van der Waals surface area (Å²) in [5, 5.41) is 2.93. The van der Waals surface area contributed by atoms with Gasteiger partial charge < -0.3 is 10.1 Å². The van der Waals surface area contributed by atoms with Gasteiger partial charge in [-0.2, -0.15) is 0 Å². The minimum Gasteiger partial charge on any atom is -0.489 e. The second-order valence-corrected chi connectivity index (χ2v) is 6.06. The van der Waals surface area contributed by atoms with E-state index >= 15 is 0 Å². The summed E-state index contributed by atoms with van der Waals surface area (Å²) in [5.41, 5.74) is 4.81. The van der Waals surface area contributed by atoms with E-state index in [0.717, 1.165) is 16.8 Å². The SMILES string of the molecule is Cc1ccc(NC(=O)c2cccc(OCc3ccccc3)c2)cc1C. The molecule has 126 valence electrons. The van der Waals surface area contributed by atoms with Crippen LogP contribution in [0.1, 0.15) is 27.0 Å². The molecule has 0 aromatic heterocycles. The number of ether oxygens (including phenoxy) is 1. The fourth-order valence-electron chi connectivity index (χ4n) is 2.49. The molecular weight excluding hydrogens is 310 g/mol. The number of hydrogen-bond donors (Lipinski definition) is 1. The third-order valence-electron chi connectivity index (χ3n) is 4.11. The van der Waals surface area contributed by atoms with Crippen molar-refractivity contribution in [3.63, 3.8) is 0 Å². The van der Waals surface area contributed by atoms with Gasteiger partial charge >= 0.3 is 0 Å². The zero-order chi connectivity index (χ0) is 17.6. The predicted octanol–water partition coefficient (Wildman–Crippen LogP) is 5.13. The third-order valence-corrected chi connectivity index (χ3v) is 4.11. The van der Waals surface area contributed by atoms with Crippen molar-refractivity contribution in [1.82, 2.24) is 0 Å². The monoisotopic (exact) mass is 331 g/mol. The molecule has 25 heavy (non-hydrogen) atoms. The van der Waals surface area contributed by atoms with Crippen LogP contribution in [0.15, 0.2) is 72.8 Å². The Hall–Kier alpha value is -3.07. The second kappa shape index (κ2) is 7.67. The third kappa shape index (κ3) is 4.48. The van der Waals surface area contributed by atoms with Crippen molar-refractivity contribution < 1.29 is 9.53 Å². The molecule has 0 atom stereocenters. The quantitative estimate of drug-likeness (QED) is 0.703. The molecule has 0 aliphatic carbocycles. The Kier molecular flexibility index (Phi) is 5.14.